The first kappa shape index (κ1) is 72.3. The number of thiophene rings is 5. The highest BCUT2D eigenvalue weighted by Crippen LogP contribution is 2.52. The molecule has 20 aromatic carbocycles. The molecule has 0 nitrogen and oxygen atoms in total. The maximum atomic E-state index is 2.50. The molecule has 0 saturated heterocycles. The van der Waals surface area contributed by atoms with Crippen LogP contribution >= 0.6 is 56.7 Å². The fourth-order valence-corrected chi connectivity index (χ4v) is 26.3. The summed E-state index contributed by atoms with van der Waals surface area (Å²) in [6, 6.07) is 125. The van der Waals surface area contributed by atoms with Crippen molar-refractivity contribution < 1.29 is 0 Å². The van der Waals surface area contributed by atoms with Gasteiger partial charge in [0, 0.05) is 117 Å². The third kappa shape index (κ3) is 12.3. The average molecular weight is 1600 g/mol. The first-order valence-electron chi connectivity index (χ1n) is 41.4. The zero-order chi connectivity index (χ0) is 78.8. The molecule has 26 rings (SSSR count). The highest BCUT2D eigenvalue weighted by Gasteiger charge is 2.24. The van der Waals surface area contributed by atoms with Crippen molar-refractivity contribution in [1.29, 1.82) is 0 Å². The van der Waals surface area contributed by atoms with Crippen molar-refractivity contribution >= 4 is 254 Å². The van der Waals surface area contributed by atoms with Gasteiger partial charge >= 0.3 is 0 Å². The van der Waals surface area contributed by atoms with Crippen molar-refractivity contribution in [1.82, 2.24) is 0 Å². The topological polar surface area (TPSA) is 0 Å². The summed E-state index contributed by atoms with van der Waals surface area (Å²) in [7, 11) is 0. The summed E-state index contributed by atoms with van der Waals surface area (Å²) in [5.41, 5.74) is 11.0. The molecule has 0 N–H and O–H groups in total. The van der Waals surface area contributed by atoms with Crippen molar-refractivity contribution in [3.8, 4) is 11.1 Å². The van der Waals surface area contributed by atoms with E-state index in [4.69, 9.17) is 0 Å². The standard InChI is InChI=1S/C25H16S.C23H22S.C23H16S.2C21H14S/c1-15-14-22-23(19-11-5-2-8-16(15)19)24-20-12-6-3-9-17(20)18-10-4-7-13-21(18)25(24)26-22;2*1-15-11-12-19-21(13-15)24-23-20(16-7-3-2-4-8-16)14-17-9-5-6-10-18(17)22(19)23;1-13-10-11-18-19(12-13)22-21-17-9-5-3-7-15(17)14-6-2-4-8-16(14)20(18)21;1-13-12-19-21(17-9-5-4-7-15(13)17)20-16-8-3-2-6-14(16)10-11-18(20)22-19/h2-14H,1H3;5-6,9-14,16H,2-4,7-8H2,1H3;2-14H,1H3;2*2-12H,1H3. The highest BCUT2D eigenvalue weighted by molar-refractivity contribution is 7.28. The average Bonchev–Trinajstić information content (AvgIpc) is 1.56. The first-order chi connectivity index (χ1) is 58.1. The maximum absolute atomic E-state index is 2.50. The molecule has 1 aliphatic carbocycles. The van der Waals surface area contributed by atoms with E-state index in [-0.39, 0.29) is 0 Å². The molecule has 0 bridgehead atoms. The minimum Gasteiger partial charge on any atom is -0.135 e. The van der Waals surface area contributed by atoms with Gasteiger partial charge in [0.2, 0.25) is 0 Å². The molecule has 25 aromatic rings. The molecule has 564 valence electrons. The number of rotatable bonds is 2. The Balaban J connectivity index is 0.0000000891. The minimum atomic E-state index is 0.750. The maximum Gasteiger partial charge on any atom is 0.0440 e. The van der Waals surface area contributed by atoms with Crippen molar-refractivity contribution in [2.45, 2.75) is 72.6 Å². The molecule has 0 radical (unpaired) electrons. The summed E-state index contributed by atoms with van der Waals surface area (Å²) in [5.74, 6) is 0.750. The lowest BCUT2D eigenvalue weighted by Crippen LogP contribution is -2.04. The van der Waals surface area contributed by atoms with E-state index in [1.165, 1.54) is 264 Å². The molecule has 1 saturated carbocycles. The quantitative estimate of drug-likeness (QED) is 0.151. The Kier molecular flexibility index (Phi) is 18.2. The summed E-state index contributed by atoms with van der Waals surface area (Å²) < 4.78 is 14.1. The van der Waals surface area contributed by atoms with Gasteiger partial charge in [-0.05, 0) is 227 Å². The zero-order valence-corrected chi connectivity index (χ0v) is 70.6. The van der Waals surface area contributed by atoms with E-state index >= 15 is 0 Å². The Bertz CT molecular complexity index is 8360. The molecule has 0 atom stereocenters. The molecule has 1 fully saturated rings. The van der Waals surface area contributed by atoms with Crippen LogP contribution in [0.1, 0.15) is 71.4 Å². The molecule has 5 heteroatoms. The van der Waals surface area contributed by atoms with E-state index in [1.54, 1.807) is 10.3 Å². The van der Waals surface area contributed by atoms with Crippen LogP contribution in [0.5, 0.6) is 0 Å². The molecule has 1 aliphatic rings. The Morgan fingerprint density at radius 3 is 1.08 bits per heavy atom. The number of fused-ring (bicyclic) bond motifs is 35. The Morgan fingerprint density at radius 2 is 0.551 bits per heavy atom. The van der Waals surface area contributed by atoms with Crippen LogP contribution in [-0.4, -0.2) is 0 Å². The van der Waals surface area contributed by atoms with Crippen LogP contribution in [0, 0.1) is 34.6 Å². The summed E-state index contributed by atoms with van der Waals surface area (Å²) in [4.78, 5) is 0. The summed E-state index contributed by atoms with van der Waals surface area (Å²) >= 11 is 9.68. The van der Waals surface area contributed by atoms with Gasteiger partial charge in [-0.25, -0.2) is 0 Å². The first-order valence-corrected chi connectivity index (χ1v) is 45.5. The van der Waals surface area contributed by atoms with Crippen molar-refractivity contribution in [2.24, 2.45) is 0 Å². The van der Waals surface area contributed by atoms with E-state index < -0.39 is 0 Å². The summed E-state index contributed by atoms with van der Waals surface area (Å²) in [6.07, 6.45) is 6.92. The molecule has 0 aliphatic heterocycles. The lowest BCUT2D eigenvalue weighted by Gasteiger charge is -2.23. The molecular weight excluding hydrogens is 1520 g/mol. The van der Waals surface area contributed by atoms with Crippen LogP contribution in [0.2, 0.25) is 0 Å². The second kappa shape index (κ2) is 29.8. The second-order valence-electron chi connectivity index (χ2n) is 32.4. The third-order valence-corrected chi connectivity index (χ3v) is 30.9. The van der Waals surface area contributed by atoms with Gasteiger partial charge in [0.1, 0.15) is 0 Å². The predicted octanol–water partition coefficient (Wildman–Crippen LogP) is 35.9. The molecule has 118 heavy (non-hydrogen) atoms. The zero-order valence-electron chi connectivity index (χ0n) is 66.5. The van der Waals surface area contributed by atoms with Crippen LogP contribution in [0.3, 0.4) is 0 Å². The van der Waals surface area contributed by atoms with E-state index in [2.05, 4.69) is 374 Å². The van der Waals surface area contributed by atoms with Crippen LogP contribution in [0.15, 0.2) is 340 Å². The van der Waals surface area contributed by atoms with Gasteiger partial charge in [-0.3, -0.25) is 0 Å². The van der Waals surface area contributed by atoms with E-state index in [0.29, 0.717) is 0 Å². The Labute approximate surface area is 705 Å². The molecule has 0 unspecified atom stereocenters. The highest BCUT2D eigenvalue weighted by atomic mass is 32.1. The second-order valence-corrected chi connectivity index (χ2v) is 37.7. The Morgan fingerprint density at radius 1 is 0.203 bits per heavy atom. The molecule has 5 heterocycles. The fourth-order valence-electron chi connectivity index (χ4n) is 19.6. The van der Waals surface area contributed by atoms with Gasteiger partial charge in [0.25, 0.3) is 0 Å². The summed E-state index contributed by atoms with van der Waals surface area (Å²) in [6.45, 7) is 11.0. The van der Waals surface area contributed by atoms with Crippen LogP contribution in [0.4, 0.5) is 0 Å². The molecule has 0 spiro atoms. The van der Waals surface area contributed by atoms with Gasteiger partial charge in [-0.15, -0.1) is 56.7 Å². The van der Waals surface area contributed by atoms with Crippen molar-refractivity contribution in [3.63, 3.8) is 0 Å². The van der Waals surface area contributed by atoms with Gasteiger partial charge in [-0.1, -0.05) is 310 Å². The van der Waals surface area contributed by atoms with Crippen molar-refractivity contribution in [3.05, 3.63) is 373 Å². The number of benzene rings is 20. The van der Waals surface area contributed by atoms with Crippen LogP contribution in [-0.2, 0) is 0 Å². The molecular formula is C113H82S5. The smallest absolute Gasteiger partial charge is 0.0440 e. The Hall–Kier alpha value is -12.2. The van der Waals surface area contributed by atoms with E-state index in [0.717, 1.165) is 5.92 Å². The van der Waals surface area contributed by atoms with E-state index in [9.17, 15) is 0 Å². The SMILES string of the molecule is Cc1cc2sc3c4ccccc4c4ccccc4c3c2c2ccccc12.Cc1cc2sc3ccc4ccccc4c3c2c2ccccc12.Cc1ccc2c(c1)sc1c(-c3ccccc3)cc3ccccc3c12.Cc1ccc2c(c1)sc1c(C3CCCCC3)cc3ccccc3c12.Cc1ccc2c(c1)sc1c3ccccc3c3ccccc3c21. The number of hydrogen-bond acceptors (Lipinski definition) is 5. The predicted molar refractivity (Wildman–Crippen MR) is 529 cm³/mol. The fraction of sp³-hybridized carbons (Fsp3) is 0.0973. The third-order valence-electron chi connectivity index (χ3n) is 25.0. The lowest BCUT2D eigenvalue weighted by atomic mass is 9.82. The van der Waals surface area contributed by atoms with Gasteiger partial charge in [0.05, 0.1) is 0 Å². The normalized spacial score (nSPS) is 12.8. The van der Waals surface area contributed by atoms with Gasteiger partial charge < -0.3 is 0 Å². The van der Waals surface area contributed by atoms with Crippen LogP contribution < -0.4 is 0 Å². The van der Waals surface area contributed by atoms with E-state index in [1.807, 2.05) is 56.7 Å². The van der Waals surface area contributed by atoms with Gasteiger partial charge in [-0.2, -0.15) is 0 Å². The van der Waals surface area contributed by atoms with Crippen LogP contribution in [0.25, 0.3) is 209 Å². The summed E-state index contributed by atoms with van der Waals surface area (Å²) in [5, 5.41) is 38.6. The lowest BCUT2D eigenvalue weighted by molar-refractivity contribution is 0.446. The molecule has 5 aromatic heterocycles. The molecule has 0 amide bonds. The minimum absolute atomic E-state index is 0.750. The monoisotopic (exact) mass is 1600 g/mol. The van der Waals surface area contributed by atoms with Gasteiger partial charge in [0.15, 0.2) is 0 Å². The van der Waals surface area contributed by atoms with Crippen molar-refractivity contribution in [2.75, 3.05) is 0 Å². The largest absolute Gasteiger partial charge is 0.135 e. The number of hydrogen-bond donors (Lipinski definition) is 0. The number of aryl methyl sites for hydroxylation is 5.